The molecule has 0 aliphatic heterocycles. The van der Waals surface area contributed by atoms with E-state index in [4.69, 9.17) is 5.11 Å². The lowest BCUT2D eigenvalue weighted by atomic mass is 9.96. The smallest absolute Gasteiger partial charge is 0.251 e. The fourth-order valence-corrected chi connectivity index (χ4v) is 4.63. The van der Waals surface area contributed by atoms with Crippen LogP contribution in [0.3, 0.4) is 0 Å². The number of imidazole rings is 1. The van der Waals surface area contributed by atoms with Crippen LogP contribution in [-0.2, 0) is 25.9 Å². The summed E-state index contributed by atoms with van der Waals surface area (Å²) in [7, 11) is 0. The lowest BCUT2D eigenvalue weighted by Gasteiger charge is -2.13. The number of fused-ring (bicyclic) bond motifs is 2. The van der Waals surface area contributed by atoms with Crippen LogP contribution in [0.5, 0.6) is 0 Å². The molecule has 130 valence electrons. The average molecular weight is 355 g/mol. The molecule has 0 saturated heterocycles. The molecule has 2 N–H and O–H groups in total. The zero-order valence-corrected chi connectivity index (χ0v) is 14.8. The SMILES string of the molecule is O=C(NCc1csc2c1CCCC2)c1ccc2c(c1)ncn2CCO. The Bertz CT molecular complexity index is 913. The summed E-state index contributed by atoms with van der Waals surface area (Å²) in [6.07, 6.45) is 6.54. The molecule has 1 amide bonds. The first kappa shape index (κ1) is 16.3. The van der Waals surface area contributed by atoms with E-state index in [9.17, 15) is 4.79 Å². The predicted molar refractivity (Wildman–Crippen MR) is 99.0 cm³/mol. The van der Waals surface area contributed by atoms with E-state index >= 15 is 0 Å². The van der Waals surface area contributed by atoms with Gasteiger partial charge in [0.25, 0.3) is 5.91 Å². The Kier molecular flexibility index (Phi) is 4.55. The average Bonchev–Trinajstić information content (AvgIpc) is 3.24. The van der Waals surface area contributed by atoms with Crippen molar-refractivity contribution in [3.8, 4) is 0 Å². The summed E-state index contributed by atoms with van der Waals surface area (Å²) in [5, 5.41) is 14.3. The normalized spacial score (nSPS) is 13.8. The zero-order chi connectivity index (χ0) is 17.2. The maximum Gasteiger partial charge on any atom is 0.251 e. The third kappa shape index (κ3) is 3.19. The predicted octanol–water partition coefficient (Wildman–Crippen LogP) is 2.90. The molecule has 0 unspecified atom stereocenters. The first-order valence-electron chi connectivity index (χ1n) is 8.68. The summed E-state index contributed by atoms with van der Waals surface area (Å²) in [5.41, 5.74) is 5.04. The molecule has 25 heavy (non-hydrogen) atoms. The van der Waals surface area contributed by atoms with Crippen molar-refractivity contribution in [1.82, 2.24) is 14.9 Å². The van der Waals surface area contributed by atoms with Crippen molar-refractivity contribution < 1.29 is 9.90 Å². The Hall–Kier alpha value is -2.18. The van der Waals surface area contributed by atoms with Crippen molar-refractivity contribution in [2.45, 2.75) is 38.8 Å². The number of aromatic nitrogens is 2. The van der Waals surface area contributed by atoms with Gasteiger partial charge in [-0.1, -0.05) is 0 Å². The lowest BCUT2D eigenvalue weighted by molar-refractivity contribution is 0.0951. The minimum absolute atomic E-state index is 0.0681. The van der Waals surface area contributed by atoms with Crippen LogP contribution >= 0.6 is 11.3 Å². The molecule has 3 aromatic rings. The van der Waals surface area contributed by atoms with Gasteiger partial charge in [0.15, 0.2) is 0 Å². The zero-order valence-electron chi connectivity index (χ0n) is 14.0. The second-order valence-corrected chi connectivity index (χ2v) is 7.38. The number of carbonyl (C=O) groups is 1. The van der Waals surface area contributed by atoms with Gasteiger partial charge in [-0.05, 0) is 60.4 Å². The van der Waals surface area contributed by atoms with Gasteiger partial charge in [0.05, 0.1) is 24.0 Å². The molecule has 1 aliphatic carbocycles. The van der Waals surface area contributed by atoms with E-state index in [1.54, 1.807) is 6.33 Å². The molecule has 1 aliphatic rings. The molecule has 5 nitrogen and oxygen atoms in total. The monoisotopic (exact) mass is 355 g/mol. The standard InChI is InChI=1S/C19H21N3O2S/c23-8-7-22-12-21-16-9-13(5-6-17(16)22)19(24)20-10-14-11-25-18-4-2-1-3-15(14)18/h5-6,9,11-12,23H,1-4,7-8,10H2,(H,20,24). The van der Waals surface area contributed by atoms with Crippen LogP contribution < -0.4 is 5.32 Å². The van der Waals surface area contributed by atoms with Gasteiger partial charge in [-0.25, -0.2) is 4.98 Å². The summed E-state index contributed by atoms with van der Waals surface area (Å²) >= 11 is 1.82. The Labute approximate surface area is 150 Å². The lowest BCUT2D eigenvalue weighted by Crippen LogP contribution is -2.23. The molecule has 6 heteroatoms. The number of aryl methyl sites for hydroxylation is 1. The van der Waals surface area contributed by atoms with Gasteiger partial charge in [-0.3, -0.25) is 4.79 Å². The van der Waals surface area contributed by atoms with E-state index < -0.39 is 0 Å². The molecule has 2 heterocycles. The Morgan fingerprint density at radius 2 is 2.20 bits per heavy atom. The number of carbonyl (C=O) groups excluding carboxylic acids is 1. The molecule has 0 fully saturated rings. The molecule has 0 radical (unpaired) electrons. The van der Waals surface area contributed by atoms with Crippen molar-refractivity contribution in [1.29, 1.82) is 0 Å². The number of hydrogen-bond acceptors (Lipinski definition) is 4. The van der Waals surface area contributed by atoms with E-state index in [0.717, 1.165) is 17.5 Å². The first-order chi connectivity index (χ1) is 12.3. The topological polar surface area (TPSA) is 67.2 Å². The van der Waals surface area contributed by atoms with Crippen LogP contribution in [0.4, 0.5) is 0 Å². The van der Waals surface area contributed by atoms with Gasteiger partial charge in [-0.2, -0.15) is 0 Å². The van der Waals surface area contributed by atoms with E-state index in [0.29, 0.717) is 18.7 Å². The highest BCUT2D eigenvalue weighted by Crippen LogP contribution is 2.30. The molecule has 4 rings (SSSR count). The Morgan fingerprint density at radius 3 is 3.08 bits per heavy atom. The Balaban J connectivity index is 1.47. The van der Waals surface area contributed by atoms with Crippen LogP contribution in [0, 0.1) is 0 Å². The van der Waals surface area contributed by atoms with Gasteiger partial charge in [0, 0.05) is 23.5 Å². The van der Waals surface area contributed by atoms with Gasteiger partial charge in [0.2, 0.25) is 0 Å². The van der Waals surface area contributed by atoms with Crippen LogP contribution in [0.1, 0.15) is 39.2 Å². The molecular weight excluding hydrogens is 334 g/mol. The summed E-state index contributed by atoms with van der Waals surface area (Å²) in [6, 6.07) is 5.51. The molecule has 0 bridgehead atoms. The number of rotatable bonds is 5. The third-order valence-electron chi connectivity index (χ3n) is 4.81. The highest BCUT2D eigenvalue weighted by Gasteiger charge is 2.16. The number of amides is 1. The van der Waals surface area contributed by atoms with Gasteiger partial charge in [-0.15, -0.1) is 11.3 Å². The summed E-state index contributed by atoms with van der Waals surface area (Å²) in [4.78, 5) is 18.3. The van der Waals surface area contributed by atoms with Gasteiger partial charge < -0.3 is 15.0 Å². The number of aliphatic hydroxyl groups excluding tert-OH is 1. The third-order valence-corrected chi connectivity index (χ3v) is 5.95. The molecular formula is C19H21N3O2S. The minimum atomic E-state index is -0.0747. The van der Waals surface area contributed by atoms with E-state index in [2.05, 4.69) is 15.7 Å². The number of benzene rings is 1. The van der Waals surface area contributed by atoms with Crippen LogP contribution in [0.15, 0.2) is 29.9 Å². The molecule has 1 aromatic carbocycles. The number of thiophene rings is 1. The van der Waals surface area contributed by atoms with Crippen molar-refractivity contribution in [3.63, 3.8) is 0 Å². The Morgan fingerprint density at radius 1 is 1.32 bits per heavy atom. The number of nitrogens with zero attached hydrogens (tertiary/aromatic N) is 2. The quantitative estimate of drug-likeness (QED) is 0.739. The highest BCUT2D eigenvalue weighted by atomic mass is 32.1. The number of aliphatic hydroxyl groups is 1. The highest BCUT2D eigenvalue weighted by molar-refractivity contribution is 7.10. The molecule has 0 atom stereocenters. The summed E-state index contributed by atoms with van der Waals surface area (Å²) < 4.78 is 1.88. The largest absolute Gasteiger partial charge is 0.395 e. The molecule has 2 aromatic heterocycles. The van der Waals surface area contributed by atoms with Crippen molar-refractivity contribution in [3.05, 3.63) is 51.5 Å². The van der Waals surface area contributed by atoms with Crippen LogP contribution in [0.25, 0.3) is 11.0 Å². The van der Waals surface area contributed by atoms with Crippen molar-refractivity contribution in [2.75, 3.05) is 6.61 Å². The fraction of sp³-hybridized carbons (Fsp3) is 0.368. The maximum atomic E-state index is 12.5. The van der Waals surface area contributed by atoms with Gasteiger partial charge in [0.1, 0.15) is 0 Å². The molecule has 0 saturated carbocycles. The summed E-state index contributed by atoms with van der Waals surface area (Å²) in [6.45, 7) is 1.16. The second kappa shape index (κ2) is 6.98. The van der Waals surface area contributed by atoms with Crippen LogP contribution in [-0.4, -0.2) is 27.2 Å². The minimum Gasteiger partial charge on any atom is -0.395 e. The first-order valence-corrected chi connectivity index (χ1v) is 9.56. The summed E-state index contributed by atoms with van der Waals surface area (Å²) in [5.74, 6) is -0.0747. The van der Waals surface area contributed by atoms with Gasteiger partial charge >= 0.3 is 0 Å². The van der Waals surface area contributed by atoms with Crippen LogP contribution in [0.2, 0.25) is 0 Å². The number of nitrogens with one attached hydrogen (secondary N) is 1. The number of hydrogen-bond donors (Lipinski definition) is 2. The molecule has 0 spiro atoms. The van der Waals surface area contributed by atoms with E-state index in [1.807, 2.05) is 34.1 Å². The van der Waals surface area contributed by atoms with E-state index in [-0.39, 0.29) is 12.5 Å². The second-order valence-electron chi connectivity index (χ2n) is 6.42. The van der Waals surface area contributed by atoms with E-state index in [1.165, 1.54) is 35.3 Å². The maximum absolute atomic E-state index is 12.5. The van der Waals surface area contributed by atoms with Crippen molar-refractivity contribution in [2.24, 2.45) is 0 Å². The fourth-order valence-electron chi connectivity index (χ4n) is 3.48. The van der Waals surface area contributed by atoms with Crippen molar-refractivity contribution >= 4 is 28.3 Å².